The van der Waals surface area contributed by atoms with Crippen molar-refractivity contribution in [2.24, 2.45) is 5.92 Å². The maximum absolute atomic E-state index is 10.7. The largest absolute Gasteiger partial charge is 0.480 e. The lowest BCUT2D eigenvalue weighted by Crippen LogP contribution is -2.42. The number of carboxylic acid groups (broad SMARTS) is 1. The first-order valence-corrected chi connectivity index (χ1v) is 4.03. The first kappa shape index (κ1) is 9.01. The Bertz CT molecular complexity index is 218. The summed E-state index contributed by atoms with van der Waals surface area (Å²) in [6.45, 7) is 1.66. The Morgan fingerprint density at radius 1 is 1.75 bits per heavy atom. The summed E-state index contributed by atoms with van der Waals surface area (Å²) in [6, 6.07) is 1.05. The number of rotatable bonds is 4. The second-order valence-corrected chi connectivity index (χ2v) is 3.17. The summed E-state index contributed by atoms with van der Waals surface area (Å²) in [4.78, 5) is 10.7. The fourth-order valence-electron chi connectivity index (χ4n) is 1.15. The molecule has 1 saturated carbocycles. The van der Waals surface area contributed by atoms with Gasteiger partial charge in [0.2, 0.25) is 0 Å². The summed E-state index contributed by atoms with van der Waals surface area (Å²) in [6.07, 6.45) is 1.92. The first-order chi connectivity index (χ1) is 5.65. The van der Waals surface area contributed by atoms with E-state index in [-0.39, 0.29) is 12.0 Å². The molecular formula is C8H12N2O2. The number of nitrogens with one attached hydrogen (secondary N) is 1. The molecule has 0 radical (unpaired) electrons. The van der Waals surface area contributed by atoms with Gasteiger partial charge in [0.1, 0.15) is 6.04 Å². The lowest BCUT2D eigenvalue weighted by atomic mass is 10.1. The molecule has 1 fully saturated rings. The van der Waals surface area contributed by atoms with Crippen molar-refractivity contribution >= 4 is 5.97 Å². The highest BCUT2D eigenvalue weighted by atomic mass is 16.4. The maximum Gasteiger partial charge on any atom is 0.321 e. The molecule has 66 valence electrons. The van der Waals surface area contributed by atoms with Gasteiger partial charge < -0.3 is 5.11 Å². The topological polar surface area (TPSA) is 73.1 Å². The van der Waals surface area contributed by atoms with Crippen molar-refractivity contribution in [2.45, 2.75) is 31.8 Å². The van der Waals surface area contributed by atoms with Crippen molar-refractivity contribution in [1.82, 2.24) is 5.32 Å². The molecule has 2 N–H and O–H groups in total. The molecule has 4 heteroatoms. The van der Waals surface area contributed by atoms with Crippen LogP contribution in [0.2, 0.25) is 0 Å². The maximum atomic E-state index is 10.7. The van der Waals surface area contributed by atoms with Gasteiger partial charge in [-0.3, -0.25) is 10.1 Å². The van der Waals surface area contributed by atoms with Gasteiger partial charge in [-0.15, -0.1) is 0 Å². The van der Waals surface area contributed by atoms with Gasteiger partial charge in [0.05, 0.1) is 12.1 Å². The van der Waals surface area contributed by atoms with Gasteiger partial charge in [0, 0.05) is 0 Å². The summed E-state index contributed by atoms with van der Waals surface area (Å²) >= 11 is 0. The van der Waals surface area contributed by atoms with E-state index in [1.165, 1.54) is 0 Å². The Labute approximate surface area is 71.2 Å². The molecule has 0 spiro atoms. The zero-order valence-corrected chi connectivity index (χ0v) is 6.95. The van der Waals surface area contributed by atoms with Crippen molar-refractivity contribution in [2.75, 3.05) is 0 Å². The number of aliphatic carboxylic acids is 1. The van der Waals surface area contributed by atoms with Crippen LogP contribution in [-0.2, 0) is 4.79 Å². The Balaban J connectivity index is 2.44. The van der Waals surface area contributed by atoms with Crippen LogP contribution in [0.5, 0.6) is 0 Å². The third kappa shape index (κ3) is 2.21. The van der Waals surface area contributed by atoms with E-state index in [0.717, 1.165) is 12.8 Å². The van der Waals surface area contributed by atoms with Gasteiger partial charge in [-0.05, 0) is 25.7 Å². The van der Waals surface area contributed by atoms with Gasteiger partial charge in [-0.1, -0.05) is 0 Å². The molecular weight excluding hydrogens is 156 g/mol. The Kier molecular flexibility index (Phi) is 2.66. The molecule has 0 aliphatic heterocycles. The Hall–Kier alpha value is -1.08. The van der Waals surface area contributed by atoms with Gasteiger partial charge >= 0.3 is 5.97 Å². The molecule has 1 aliphatic rings. The molecule has 2 unspecified atom stereocenters. The van der Waals surface area contributed by atoms with Crippen molar-refractivity contribution in [3.8, 4) is 6.07 Å². The van der Waals surface area contributed by atoms with Crippen LogP contribution in [0, 0.1) is 17.2 Å². The molecule has 0 aromatic carbocycles. The highest BCUT2D eigenvalue weighted by Gasteiger charge is 2.36. The number of nitriles is 1. The lowest BCUT2D eigenvalue weighted by molar-refractivity contribution is -0.140. The summed E-state index contributed by atoms with van der Waals surface area (Å²) in [7, 11) is 0. The van der Waals surface area contributed by atoms with E-state index in [1.54, 1.807) is 6.92 Å². The van der Waals surface area contributed by atoms with Crippen LogP contribution in [0.3, 0.4) is 0 Å². The van der Waals surface area contributed by atoms with Crippen LogP contribution >= 0.6 is 0 Å². The van der Waals surface area contributed by atoms with Crippen molar-refractivity contribution in [3.05, 3.63) is 0 Å². The van der Waals surface area contributed by atoms with Crippen molar-refractivity contribution < 1.29 is 9.90 Å². The van der Waals surface area contributed by atoms with E-state index in [2.05, 4.69) is 5.32 Å². The molecule has 0 saturated heterocycles. The molecule has 0 bridgehead atoms. The third-order valence-electron chi connectivity index (χ3n) is 1.98. The predicted octanol–water partition coefficient (Wildman–Crippen LogP) is 0.351. The van der Waals surface area contributed by atoms with Gasteiger partial charge in [0.15, 0.2) is 0 Å². The molecule has 2 atom stereocenters. The van der Waals surface area contributed by atoms with Crippen LogP contribution in [0.4, 0.5) is 0 Å². The zero-order chi connectivity index (χ0) is 9.14. The van der Waals surface area contributed by atoms with Crippen LogP contribution in [0.25, 0.3) is 0 Å². The highest BCUT2D eigenvalue weighted by molar-refractivity contribution is 5.74. The quantitative estimate of drug-likeness (QED) is 0.635. The fourth-order valence-corrected chi connectivity index (χ4v) is 1.15. The standard InChI is InChI=1S/C8H12N2O2/c1-5(4-9)10-7(8(11)12)6-2-3-6/h5-7,10H,2-3H2,1H3,(H,11,12). The minimum absolute atomic E-state index is 0.235. The Morgan fingerprint density at radius 3 is 2.67 bits per heavy atom. The zero-order valence-electron chi connectivity index (χ0n) is 6.95. The molecule has 12 heavy (non-hydrogen) atoms. The van der Waals surface area contributed by atoms with Gasteiger partial charge in [-0.2, -0.15) is 5.26 Å². The molecule has 1 aliphatic carbocycles. The van der Waals surface area contributed by atoms with Crippen LogP contribution in [0.15, 0.2) is 0 Å². The highest BCUT2D eigenvalue weighted by Crippen LogP contribution is 2.32. The first-order valence-electron chi connectivity index (χ1n) is 4.03. The predicted molar refractivity (Wildman–Crippen MR) is 42.4 cm³/mol. The second kappa shape index (κ2) is 3.55. The average Bonchev–Trinajstić information content (AvgIpc) is 2.81. The molecule has 0 aromatic rings. The number of carbonyl (C=O) groups is 1. The van der Waals surface area contributed by atoms with Crippen LogP contribution in [-0.4, -0.2) is 23.2 Å². The smallest absolute Gasteiger partial charge is 0.321 e. The van der Waals surface area contributed by atoms with Crippen LogP contribution < -0.4 is 5.32 Å². The van der Waals surface area contributed by atoms with Gasteiger partial charge in [-0.25, -0.2) is 0 Å². The normalized spacial score (nSPS) is 21.0. The number of hydrogen-bond donors (Lipinski definition) is 2. The Morgan fingerprint density at radius 2 is 2.33 bits per heavy atom. The van der Waals surface area contributed by atoms with E-state index >= 15 is 0 Å². The van der Waals surface area contributed by atoms with E-state index in [9.17, 15) is 4.79 Å². The summed E-state index contributed by atoms with van der Waals surface area (Å²) < 4.78 is 0. The summed E-state index contributed by atoms with van der Waals surface area (Å²) in [5.41, 5.74) is 0. The molecule has 0 aromatic heterocycles. The monoisotopic (exact) mass is 168 g/mol. The van der Waals surface area contributed by atoms with Crippen molar-refractivity contribution in [1.29, 1.82) is 5.26 Å². The number of nitrogens with zero attached hydrogens (tertiary/aromatic N) is 1. The second-order valence-electron chi connectivity index (χ2n) is 3.17. The SMILES string of the molecule is CC(C#N)NC(C(=O)O)C1CC1. The van der Waals surface area contributed by atoms with E-state index in [1.807, 2.05) is 6.07 Å². The average molecular weight is 168 g/mol. The van der Waals surface area contributed by atoms with E-state index in [0.29, 0.717) is 0 Å². The molecule has 1 rings (SSSR count). The minimum atomic E-state index is -0.848. The molecule has 0 heterocycles. The van der Waals surface area contributed by atoms with Crippen molar-refractivity contribution in [3.63, 3.8) is 0 Å². The fraction of sp³-hybridized carbons (Fsp3) is 0.750. The summed E-state index contributed by atoms with van der Waals surface area (Å²) in [5, 5.41) is 20.0. The molecule has 4 nitrogen and oxygen atoms in total. The number of hydrogen-bond acceptors (Lipinski definition) is 3. The van der Waals surface area contributed by atoms with E-state index in [4.69, 9.17) is 10.4 Å². The molecule has 0 amide bonds. The van der Waals surface area contributed by atoms with E-state index < -0.39 is 12.0 Å². The third-order valence-corrected chi connectivity index (χ3v) is 1.98. The lowest BCUT2D eigenvalue weighted by Gasteiger charge is -2.14. The summed E-state index contributed by atoms with van der Waals surface area (Å²) in [5.74, 6) is -0.613. The minimum Gasteiger partial charge on any atom is -0.480 e. The van der Waals surface area contributed by atoms with Gasteiger partial charge in [0.25, 0.3) is 0 Å². The van der Waals surface area contributed by atoms with Crippen LogP contribution in [0.1, 0.15) is 19.8 Å². The number of carboxylic acids is 1.